The van der Waals surface area contributed by atoms with E-state index in [9.17, 15) is 19.5 Å². The molecule has 0 radical (unpaired) electrons. The van der Waals surface area contributed by atoms with Gasteiger partial charge in [-0.25, -0.2) is 0 Å². The molecule has 2 fully saturated rings. The van der Waals surface area contributed by atoms with E-state index in [4.69, 9.17) is 0 Å². The van der Waals surface area contributed by atoms with Gasteiger partial charge in [0.25, 0.3) is 0 Å². The van der Waals surface area contributed by atoms with Crippen LogP contribution in [0, 0.1) is 11.3 Å². The summed E-state index contributed by atoms with van der Waals surface area (Å²) in [4.78, 5) is 36.6. The molecule has 0 saturated carbocycles. The van der Waals surface area contributed by atoms with Crippen LogP contribution in [0.4, 0.5) is 0 Å². The van der Waals surface area contributed by atoms with Gasteiger partial charge >= 0.3 is 5.97 Å². The number of piperazine rings is 1. The molecule has 0 aromatic rings. The van der Waals surface area contributed by atoms with E-state index in [1.807, 2.05) is 13.8 Å². The molecule has 0 aromatic carbocycles. The number of nitrogens with one attached hydrogen (secondary N) is 2. The molecule has 0 bridgehead atoms. The predicted molar refractivity (Wildman–Crippen MR) is 70.9 cm³/mol. The van der Waals surface area contributed by atoms with Gasteiger partial charge in [0, 0.05) is 19.6 Å². The van der Waals surface area contributed by atoms with E-state index in [0.29, 0.717) is 13.0 Å². The minimum Gasteiger partial charge on any atom is -0.481 e. The molecule has 2 amide bonds. The first-order valence-corrected chi connectivity index (χ1v) is 6.89. The Morgan fingerprint density at radius 2 is 2.15 bits per heavy atom. The van der Waals surface area contributed by atoms with Gasteiger partial charge in [0.15, 0.2) is 0 Å². The summed E-state index contributed by atoms with van der Waals surface area (Å²) >= 11 is 0. The molecule has 0 aromatic heterocycles. The maximum atomic E-state index is 12.4. The summed E-state index contributed by atoms with van der Waals surface area (Å²) in [5.41, 5.74) is -0.854. The van der Waals surface area contributed by atoms with Crippen LogP contribution in [0.2, 0.25) is 0 Å². The molecule has 2 unspecified atom stereocenters. The van der Waals surface area contributed by atoms with Gasteiger partial charge in [-0.1, -0.05) is 13.8 Å². The minimum atomic E-state index is -0.854. The van der Waals surface area contributed by atoms with E-state index in [1.165, 1.54) is 0 Å². The molecule has 3 N–H and O–H groups in total. The summed E-state index contributed by atoms with van der Waals surface area (Å²) in [6, 6.07) is -0.454. The van der Waals surface area contributed by atoms with Crippen LogP contribution >= 0.6 is 0 Å². The van der Waals surface area contributed by atoms with E-state index in [1.54, 1.807) is 4.90 Å². The third-order valence-corrected chi connectivity index (χ3v) is 4.45. The fourth-order valence-corrected chi connectivity index (χ4v) is 2.88. The van der Waals surface area contributed by atoms with E-state index in [0.717, 1.165) is 0 Å². The number of likely N-dealkylation sites (tertiary alicyclic amines) is 1. The van der Waals surface area contributed by atoms with E-state index >= 15 is 0 Å². The normalized spacial score (nSPS) is 30.4. The van der Waals surface area contributed by atoms with Crippen LogP contribution < -0.4 is 10.6 Å². The van der Waals surface area contributed by atoms with Crippen molar-refractivity contribution in [1.29, 1.82) is 0 Å². The lowest BCUT2D eigenvalue weighted by Crippen LogP contribution is -2.58. The molecule has 2 rings (SSSR count). The van der Waals surface area contributed by atoms with Crippen LogP contribution in [0.25, 0.3) is 0 Å². The summed E-state index contributed by atoms with van der Waals surface area (Å²) < 4.78 is 0. The van der Waals surface area contributed by atoms with Crippen LogP contribution in [0.1, 0.15) is 20.3 Å². The highest BCUT2D eigenvalue weighted by Crippen LogP contribution is 2.38. The van der Waals surface area contributed by atoms with E-state index < -0.39 is 17.4 Å². The topological polar surface area (TPSA) is 98.7 Å². The summed E-state index contributed by atoms with van der Waals surface area (Å²) in [7, 11) is 0. The number of nitrogens with zero attached hydrogens (tertiary/aromatic N) is 1. The zero-order valence-corrected chi connectivity index (χ0v) is 11.8. The van der Waals surface area contributed by atoms with E-state index in [-0.39, 0.29) is 37.4 Å². The van der Waals surface area contributed by atoms with Crippen LogP contribution in [-0.2, 0) is 14.4 Å². The Labute approximate surface area is 117 Å². The van der Waals surface area contributed by atoms with Crippen molar-refractivity contribution in [2.24, 2.45) is 11.3 Å². The maximum Gasteiger partial charge on any atom is 0.311 e. The second-order valence-electron chi connectivity index (χ2n) is 5.86. The summed E-state index contributed by atoms with van der Waals surface area (Å²) in [5.74, 6) is -1.13. The molecule has 2 heterocycles. The van der Waals surface area contributed by atoms with Gasteiger partial charge in [-0.2, -0.15) is 0 Å². The van der Waals surface area contributed by atoms with Crippen LogP contribution in [0.5, 0.6) is 0 Å². The standard InChI is InChI=1S/C13H21N3O4/c1-8(2)13(12(19)20)3-4-16(7-13)11(18)9-5-15-10(17)6-14-9/h8-9,14H,3-7H2,1-2H3,(H,15,17)(H,19,20). The number of carbonyl (C=O) groups excluding carboxylic acids is 2. The molecule has 112 valence electrons. The molecule has 20 heavy (non-hydrogen) atoms. The molecule has 7 heteroatoms. The van der Waals surface area contributed by atoms with Gasteiger partial charge in [-0.3, -0.25) is 19.7 Å². The Balaban J connectivity index is 2.03. The van der Waals surface area contributed by atoms with Crippen molar-refractivity contribution in [3.05, 3.63) is 0 Å². The minimum absolute atomic E-state index is 0.0307. The Kier molecular flexibility index (Phi) is 3.99. The van der Waals surface area contributed by atoms with Gasteiger partial charge < -0.3 is 15.3 Å². The third kappa shape index (κ3) is 2.49. The molecular formula is C13H21N3O4. The highest BCUT2D eigenvalue weighted by molar-refractivity contribution is 5.88. The fraction of sp³-hybridized carbons (Fsp3) is 0.769. The Bertz CT molecular complexity index is 427. The van der Waals surface area contributed by atoms with Gasteiger partial charge in [0.1, 0.15) is 6.04 Å². The van der Waals surface area contributed by atoms with Gasteiger partial charge in [-0.15, -0.1) is 0 Å². The largest absolute Gasteiger partial charge is 0.481 e. The SMILES string of the molecule is CC(C)C1(C(=O)O)CCN(C(=O)C2CNC(=O)CN2)C1. The van der Waals surface area contributed by atoms with Crippen molar-refractivity contribution in [2.75, 3.05) is 26.2 Å². The zero-order valence-electron chi connectivity index (χ0n) is 11.8. The molecule has 2 aliphatic heterocycles. The van der Waals surface area contributed by atoms with Gasteiger partial charge in [0.2, 0.25) is 11.8 Å². The molecule has 0 spiro atoms. The summed E-state index contributed by atoms with van der Waals surface area (Å²) in [6.45, 7) is 4.83. The van der Waals surface area contributed by atoms with Crippen molar-refractivity contribution < 1.29 is 19.5 Å². The molecule has 0 aliphatic carbocycles. The lowest BCUT2D eigenvalue weighted by atomic mass is 9.76. The fourth-order valence-electron chi connectivity index (χ4n) is 2.88. The number of amides is 2. The summed E-state index contributed by atoms with van der Waals surface area (Å²) in [6.07, 6.45) is 0.477. The molecule has 2 aliphatic rings. The highest BCUT2D eigenvalue weighted by atomic mass is 16.4. The molecule has 7 nitrogen and oxygen atoms in total. The first kappa shape index (κ1) is 14.8. The lowest BCUT2D eigenvalue weighted by Gasteiger charge is -2.31. The van der Waals surface area contributed by atoms with E-state index in [2.05, 4.69) is 10.6 Å². The van der Waals surface area contributed by atoms with Crippen molar-refractivity contribution >= 4 is 17.8 Å². The van der Waals surface area contributed by atoms with Gasteiger partial charge in [-0.05, 0) is 12.3 Å². The monoisotopic (exact) mass is 283 g/mol. The highest BCUT2D eigenvalue weighted by Gasteiger charge is 2.49. The third-order valence-electron chi connectivity index (χ3n) is 4.45. The second kappa shape index (κ2) is 5.40. The number of carboxylic acid groups (broad SMARTS) is 1. The smallest absolute Gasteiger partial charge is 0.311 e. The van der Waals surface area contributed by atoms with Crippen molar-refractivity contribution in [1.82, 2.24) is 15.5 Å². The van der Waals surface area contributed by atoms with Crippen molar-refractivity contribution in [3.63, 3.8) is 0 Å². The number of hydrogen-bond donors (Lipinski definition) is 3. The Hall–Kier alpha value is -1.63. The number of carboxylic acids is 1. The molecule has 2 atom stereocenters. The first-order valence-electron chi connectivity index (χ1n) is 6.89. The Morgan fingerprint density at radius 1 is 1.45 bits per heavy atom. The number of aliphatic carboxylic acids is 1. The number of rotatable bonds is 3. The first-order chi connectivity index (χ1) is 9.36. The Morgan fingerprint density at radius 3 is 2.60 bits per heavy atom. The zero-order chi connectivity index (χ0) is 14.9. The number of carbonyl (C=O) groups is 3. The second-order valence-corrected chi connectivity index (χ2v) is 5.86. The lowest BCUT2D eigenvalue weighted by molar-refractivity contribution is -0.151. The average molecular weight is 283 g/mol. The number of hydrogen-bond acceptors (Lipinski definition) is 4. The quantitative estimate of drug-likeness (QED) is 0.619. The van der Waals surface area contributed by atoms with Crippen LogP contribution in [0.3, 0.4) is 0 Å². The van der Waals surface area contributed by atoms with Crippen LogP contribution in [0.15, 0.2) is 0 Å². The average Bonchev–Trinajstić information content (AvgIpc) is 2.85. The predicted octanol–water partition coefficient (Wildman–Crippen LogP) is -0.966. The van der Waals surface area contributed by atoms with Crippen LogP contribution in [-0.4, -0.2) is 60.0 Å². The molecular weight excluding hydrogens is 262 g/mol. The maximum absolute atomic E-state index is 12.4. The summed E-state index contributed by atoms with van der Waals surface area (Å²) in [5, 5.41) is 15.0. The van der Waals surface area contributed by atoms with Crippen molar-refractivity contribution in [2.45, 2.75) is 26.3 Å². The van der Waals surface area contributed by atoms with Gasteiger partial charge in [0.05, 0.1) is 12.0 Å². The van der Waals surface area contributed by atoms with Crippen molar-refractivity contribution in [3.8, 4) is 0 Å². The molecule has 2 saturated heterocycles.